The van der Waals surface area contributed by atoms with E-state index >= 15 is 0 Å². The third-order valence-corrected chi connectivity index (χ3v) is 7.44. The summed E-state index contributed by atoms with van der Waals surface area (Å²) in [6.45, 7) is 0.318. The fourth-order valence-electron chi connectivity index (χ4n) is 5.68. The first-order valence-corrected chi connectivity index (χ1v) is 12.2. The molecule has 184 valence electrons. The van der Waals surface area contributed by atoms with Crippen LogP contribution in [0.4, 0.5) is 11.4 Å². The highest BCUT2D eigenvalue weighted by atomic mass is 16.6. The standard InChI is InChI=1S/C30H24N2O5/c33-30(34)21-9-14-27-25(16-21)28-24-4-2-1-3-20(24)15-26(28)29(31-27)19-7-12-23(13-8-19)37-17-18-5-10-22(11-6-18)32(35)36/h1-14,16,26,28-29,31H,15,17H2,(H,33,34)/t26-,28-,29-/m0/s1. The van der Waals surface area contributed by atoms with E-state index in [1.54, 1.807) is 18.2 Å². The molecule has 0 fully saturated rings. The minimum absolute atomic E-state index is 0.0567. The summed E-state index contributed by atoms with van der Waals surface area (Å²) in [5.74, 6) is 0.170. The lowest BCUT2D eigenvalue weighted by molar-refractivity contribution is -0.384. The lowest BCUT2D eigenvalue weighted by Gasteiger charge is -2.38. The molecule has 0 aromatic heterocycles. The highest BCUT2D eigenvalue weighted by molar-refractivity contribution is 5.89. The van der Waals surface area contributed by atoms with E-state index in [1.165, 1.54) is 23.3 Å². The molecule has 4 aromatic carbocycles. The Labute approximate surface area is 213 Å². The number of carbonyl (C=O) groups is 1. The normalized spacial score (nSPS) is 19.2. The Morgan fingerprint density at radius 1 is 0.973 bits per heavy atom. The van der Waals surface area contributed by atoms with Gasteiger partial charge in [0.1, 0.15) is 12.4 Å². The fourth-order valence-corrected chi connectivity index (χ4v) is 5.68. The second kappa shape index (κ2) is 9.09. The zero-order chi connectivity index (χ0) is 25.5. The number of anilines is 1. The quantitative estimate of drug-likeness (QED) is 0.240. The zero-order valence-electron chi connectivity index (χ0n) is 19.8. The molecule has 0 amide bonds. The summed E-state index contributed by atoms with van der Waals surface area (Å²) in [6.07, 6.45) is 0.910. The van der Waals surface area contributed by atoms with Gasteiger partial charge in [0.2, 0.25) is 0 Å². The predicted octanol–water partition coefficient (Wildman–Crippen LogP) is 6.34. The molecule has 1 aliphatic carbocycles. The first kappa shape index (κ1) is 22.8. The summed E-state index contributed by atoms with van der Waals surface area (Å²) in [4.78, 5) is 22.1. The number of nitro benzene ring substituents is 1. The fraction of sp³-hybridized carbons (Fsp3) is 0.167. The van der Waals surface area contributed by atoms with Crippen LogP contribution in [0, 0.1) is 16.0 Å². The van der Waals surface area contributed by atoms with Crippen LogP contribution in [0.15, 0.2) is 91.0 Å². The van der Waals surface area contributed by atoms with Crippen molar-refractivity contribution in [3.63, 3.8) is 0 Å². The molecular weight excluding hydrogens is 468 g/mol. The van der Waals surface area contributed by atoms with Crippen molar-refractivity contribution in [2.24, 2.45) is 5.92 Å². The van der Waals surface area contributed by atoms with Gasteiger partial charge in [0.25, 0.3) is 5.69 Å². The van der Waals surface area contributed by atoms with E-state index in [2.05, 4.69) is 41.7 Å². The lowest BCUT2D eigenvalue weighted by atomic mass is 9.75. The molecule has 0 radical (unpaired) electrons. The summed E-state index contributed by atoms with van der Waals surface area (Å²) in [5, 5.41) is 24.1. The molecule has 6 rings (SSSR count). The molecule has 0 bridgehead atoms. The van der Waals surface area contributed by atoms with Gasteiger partial charge in [-0.05, 0) is 82.6 Å². The zero-order valence-corrected chi connectivity index (χ0v) is 19.8. The van der Waals surface area contributed by atoms with E-state index in [0.717, 1.165) is 34.5 Å². The van der Waals surface area contributed by atoms with Gasteiger partial charge in [-0.25, -0.2) is 4.79 Å². The monoisotopic (exact) mass is 492 g/mol. The van der Waals surface area contributed by atoms with E-state index in [4.69, 9.17) is 4.74 Å². The molecule has 0 saturated carbocycles. The van der Waals surface area contributed by atoms with Gasteiger partial charge in [-0.3, -0.25) is 10.1 Å². The summed E-state index contributed by atoms with van der Waals surface area (Å²) in [6, 6.07) is 28.2. The molecular formula is C30H24N2O5. The molecule has 0 saturated heterocycles. The van der Waals surface area contributed by atoms with Crippen LogP contribution in [0.1, 0.15) is 50.1 Å². The molecule has 1 aliphatic heterocycles. The number of hydrogen-bond acceptors (Lipinski definition) is 5. The topological polar surface area (TPSA) is 102 Å². The van der Waals surface area contributed by atoms with Crippen molar-refractivity contribution >= 4 is 17.3 Å². The van der Waals surface area contributed by atoms with Crippen molar-refractivity contribution in [3.05, 3.63) is 134 Å². The Morgan fingerprint density at radius 3 is 2.46 bits per heavy atom. The minimum Gasteiger partial charge on any atom is -0.489 e. The third-order valence-electron chi connectivity index (χ3n) is 7.44. The number of nitrogens with one attached hydrogen (secondary N) is 1. The molecule has 4 aromatic rings. The predicted molar refractivity (Wildman–Crippen MR) is 139 cm³/mol. The summed E-state index contributed by atoms with van der Waals surface area (Å²) < 4.78 is 5.92. The van der Waals surface area contributed by atoms with Gasteiger partial charge >= 0.3 is 5.97 Å². The van der Waals surface area contributed by atoms with Crippen LogP contribution in [0.2, 0.25) is 0 Å². The van der Waals surface area contributed by atoms with Crippen molar-refractivity contribution in [1.29, 1.82) is 0 Å². The number of nitro groups is 1. The molecule has 7 nitrogen and oxygen atoms in total. The lowest BCUT2D eigenvalue weighted by Crippen LogP contribution is -2.30. The number of benzene rings is 4. The third kappa shape index (κ3) is 4.18. The number of nitrogens with zero attached hydrogens (tertiary/aromatic N) is 1. The van der Waals surface area contributed by atoms with Crippen LogP contribution < -0.4 is 10.1 Å². The molecule has 2 aliphatic rings. The maximum atomic E-state index is 11.7. The maximum absolute atomic E-state index is 11.7. The van der Waals surface area contributed by atoms with Gasteiger partial charge in [0, 0.05) is 23.7 Å². The second-order valence-corrected chi connectivity index (χ2v) is 9.55. The summed E-state index contributed by atoms with van der Waals surface area (Å²) >= 11 is 0. The highest BCUT2D eigenvalue weighted by Gasteiger charge is 2.43. The number of carboxylic acids is 1. The smallest absolute Gasteiger partial charge is 0.335 e. The SMILES string of the molecule is O=C(O)c1ccc2c(c1)[C@@H]1c3ccccc3C[C@@H]1[C@H](c1ccc(OCc3ccc([N+](=O)[O-])cc3)cc1)N2. The molecule has 1 heterocycles. The Bertz CT molecular complexity index is 1500. The highest BCUT2D eigenvalue weighted by Crippen LogP contribution is 2.54. The van der Waals surface area contributed by atoms with Gasteiger partial charge in [0.15, 0.2) is 0 Å². The van der Waals surface area contributed by atoms with Crippen LogP contribution in [0.25, 0.3) is 0 Å². The van der Waals surface area contributed by atoms with Crippen molar-refractivity contribution in [3.8, 4) is 5.75 Å². The average molecular weight is 493 g/mol. The van der Waals surface area contributed by atoms with Gasteiger partial charge in [-0.15, -0.1) is 0 Å². The van der Waals surface area contributed by atoms with Crippen molar-refractivity contribution in [2.75, 3.05) is 5.32 Å². The molecule has 0 spiro atoms. The van der Waals surface area contributed by atoms with E-state index in [0.29, 0.717) is 12.2 Å². The number of ether oxygens (including phenoxy) is 1. The van der Waals surface area contributed by atoms with E-state index in [-0.39, 0.29) is 23.6 Å². The Kier molecular flexibility index (Phi) is 5.60. The van der Waals surface area contributed by atoms with Crippen LogP contribution >= 0.6 is 0 Å². The van der Waals surface area contributed by atoms with Crippen molar-refractivity contribution in [1.82, 2.24) is 0 Å². The van der Waals surface area contributed by atoms with Gasteiger partial charge < -0.3 is 15.2 Å². The number of fused-ring (bicyclic) bond motifs is 5. The number of carboxylic acid groups (broad SMARTS) is 1. The van der Waals surface area contributed by atoms with Crippen LogP contribution in [0.3, 0.4) is 0 Å². The molecule has 0 unspecified atom stereocenters. The van der Waals surface area contributed by atoms with Gasteiger partial charge in [-0.2, -0.15) is 0 Å². The van der Waals surface area contributed by atoms with Crippen LogP contribution in [-0.4, -0.2) is 16.0 Å². The van der Waals surface area contributed by atoms with E-state index in [1.807, 2.05) is 24.3 Å². The number of hydrogen-bond donors (Lipinski definition) is 2. The Hall–Kier alpha value is -4.65. The van der Waals surface area contributed by atoms with Crippen molar-refractivity contribution < 1.29 is 19.6 Å². The van der Waals surface area contributed by atoms with Crippen molar-refractivity contribution in [2.45, 2.75) is 25.0 Å². The molecule has 2 N–H and O–H groups in total. The average Bonchev–Trinajstić information content (AvgIpc) is 3.32. The number of aromatic carboxylic acids is 1. The summed E-state index contributed by atoms with van der Waals surface area (Å²) in [5.41, 5.74) is 6.93. The Morgan fingerprint density at radius 2 is 1.73 bits per heavy atom. The van der Waals surface area contributed by atoms with E-state index in [9.17, 15) is 20.0 Å². The largest absolute Gasteiger partial charge is 0.489 e. The van der Waals surface area contributed by atoms with E-state index < -0.39 is 10.9 Å². The number of non-ortho nitro benzene ring substituents is 1. The van der Waals surface area contributed by atoms with Crippen LogP contribution in [0.5, 0.6) is 5.75 Å². The second-order valence-electron chi connectivity index (χ2n) is 9.55. The Balaban J connectivity index is 1.26. The molecule has 7 heteroatoms. The molecule has 3 atom stereocenters. The minimum atomic E-state index is -0.919. The van der Waals surface area contributed by atoms with Gasteiger partial charge in [0.05, 0.1) is 16.5 Å². The van der Waals surface area contributed by atoms with Gasteiger partial charge in [-0.1, -0.05) is 36.4 Å². The van der Waals surface area contributed by atoms with Crippen LogP contribution in [-0.2, 0) is 13.0 Å². The molecule has 37 heavy (non-hydrogen) atoms. The number of rotatable bonds is 6. The summed E-state index contributed by atoms with van der Waals surface area (Å²) in [7, 11) is 0. The maximum Gasteiger partial charge on any atom is 0.335 e. The first-order valence-electron chi connectivity index (χ1n) is 12.2. The first-order chi connectivity index (χ1) is 18.0.